The zero-order valence-electron chi connectivity index (χ0n) is 33.2. The van der Waals surface area contributed by atoms with E-state index in [-0.39, 0.29) is 11.8 Å². The Balaban J connectivity index is 0.000000167. The molecule has 0 saturated carbocycles. The molecule has 13 heteroatoms. The molecule has 60 heavy (non-hydrogen) atoms. The van der Waals surface area contributed by atoms with Crippen LogP contribution in [0.25, 0.3) is 0 Å². The number of carbonyl (C=O) groups is 2. The zero-order chi connectivity index (χ0) is 41.3. The van der Waals surface area contributed by atoms with Gasteiger partial charge < -0.3 is 29.0 Å². The monoisotopic (exact) mass is 837 g/mol. The molecular weight excluding hydrogens is 791 g/mol. The summed E-state index contributed by atoms with van der Waals surface area (Å²) in [5.74, 6) is 0.940. The molecule has 6 aliphatic rings. The molecule has 4 bridgehead atoms. The van der Waals surface area contributed by atoms with E-state index < -0.39 is 22.0 Å². The van der Waals surface area contributed by atoms with Crippen LogP contribution in [0.15, 0.2) is 162 Å². The first-order valence-electron chi connectivity index (χ1n) is 20.2. The Labute approximate surface area is 356 Å². The highest BCUT2D eigenvalue weighted by atomic mass is 32.2. The minimum absolute atomic E-state index is 0.0143. The van der Waals surface area contributed by atoms with Crippen LogP contribution in [0.3, 0.4) is 0 Å². The lowest BCUT2D eigenvalue weighted by molar-refractivity contribution is 0.0738. The van der Waals surface area contributed by atoms with Crippen LogP contribution >= 0.6 is 0 Å². The predicted molar refractivity (Wildman–Crippen MR) is 240 cm³/mol. The lowest BCUT2D eigenvalue weighted by Gasteiger charge is -2.36. The summed E-state index contributed by atoms with van der Waals surface area (Å²) >= 11 is 0. The maximum atomic E-state index is 13.5. The number of anilines is 4. The van der Waals surface area contributed by atoms with Crippen LogP contribution in [-0.2, 0) is 34.8 Å². The van der Waals surface area contributed by atoms with E-state index in [0.717, 1.165) is 61.8 Å². The maximum Gasteiger partial charge on any atom is 0.254 e. The Bertz CT molecular complexity index is 2440. The fourth-order valence-electron chi connectivity index (χ4n) is 7.53. The molecule has 0 radical (unpaired) electrons. The standard InChI is InChI=1S/C24H24N4O2S.C23H23N3O2S/c29-24(28-15-13-27(14-16-28)23-3-1-2-12-25-23)22-17-21-11-8-19(22)7-4-18-5-9-20(10-6-18)26-31(21)30;27-23(26-16-14-25(15-17-26)21-11-5-2-6-12-21)19-8-7-13-22(18-19)29(28)24-20-9-3-1-4-10-20/h1-3,5-6,8-12,17,26H,4,7,13-16H2;1-13,18,24H,14-17H2. The van der Waals surface area contributed by atoms with Crippen molar-refractivity contribution in [3.63, 3.8) is 0 Å². The second-order valence-electron chi connectivity index (χ2n) is 14.7. The minimum atomic E-state index is -1.43. The number of piperazine rings is 2. The van der Waals surface area contributed by atoms with Crippen LogP contribution < -0.4 is 19.2 Å². The first-order chi connectivity index (χ1) is 29.4. The molecule has 5 aromatic carbocycles. The van der Waals surface area contributed by atoms with Crippen LogP contribution in [0.2, 0.25) is 0 Å². The molecule has 11 nitrogen and oxygen atoms in total. The third-order valence-electron chi connectivity index (χ3n) is 10.9. The molecule has 306 valence electrons. The molecule has 1 aromatic heterocycles. The highest BCUT2D eigenvalue weighted by Crippen LogP contribution is 2.24. The first-order valence-corrected chi connectivity index (χ1v) is 22.5. The van der Waals surface area contributed by atoms with E-state index in [1.165, 1.54) is 11.3 Å². The Morgan fingerprint density at radius 3 is 2.00 bits per heavy atom. The normalized spacial score (nSPS) is 16.7. The number of nitrogens with one attached hydrogen (secondary N) is 2. The number of rotatable bonds is 7. The number of hydrogen-bond donors (Lipinski definition) is 2. The van der Waals surface area contributed by atoms with E-state index >= 15 is 0 Å². The van der Waals surface area contributed by atoms with Crippen molar-refractivity contribution >= 4 is 56.7 Å². The minimum Gasteiger partial charge on any atom is -0.368 e. The van der Waals surface area contributed by atoms with Gasteiger partial charge in [-0.1, -0.05) is 66.7 Å². The van der Waals surface area contributed by atoms with Crippen molar-refractivity contribution in [3.05, 3.63) is 174 Å². The summed E-state index contributed by atoms with van der Waals surface area (Å²) in [6.45, 7) is 5.72. The van der Waals surface area contributed by atoms with Gasteiger partial charge in [0, 0.05) is 86.7 Å². The topological polar surface area (TPSA) is 118 Å². The summed E-state index contributed by atoms with van der Waals surface area (Å²) < 4.78 is 31.5. The van der Waals surface area contributed by atoms with Crippen molar-refractivity contribution in [1.29, 1.82) is 0 Å². The summed E-state index contributed by atoms with van der Waals surface area (Å²) in [5.41, 5.74) is 6.20. The van der Waals surface area contributed by atoms with Crippen molar-refractivity contribution in [3.8, 4) is 0 Å². The largest absolute Gasteiger partial charge is 0.368 e. The number of nitrogens with zero attached hydrogens (tertiary/aromatic N) is 5. The van der Waals surface area contributed by atoms with E-state index in [1.54, 1.807) is 36.5 Å². The second-order valence-corrected chi connectivity index (χ2v) is 17.2. The highest BCUT2D eigenvalue weighted by molar-refractivity contribution is 7.86. The van der Waals surface area contributed by atoms with Gasteiger partial charge in [0.2, 0.25) is 0 Å². The van der Waals surface area contributed by atoms with Gasteiger partial charge in [-0.25, -0.2) is 13.4 Å². The lowest BCUT2D eigenvalue weighted by atomic mass is 9.98. The predicted octanol–water partition coefficient (Wildman–Crippen LogP) is 7.06. The average Bonchev–Trinajstić information content (AvgIpc) is 3.31. The lowest BCUT2D eigenvalue weighted by Crippen LogP contribution is -2.49. The molecule has 2 saturated heterocycles. The van der Waals surface area contributed by atoms with Gasteiger partial charge in [-0.05, 0) is 103 Å². The molecule has 2 fully saturated rings. The van der Waals surface area contributed by atoms with Crippen molar-refractivity contribution in [1.82, 2.24) is 14.8 Å². The molecule has 2 atom stereocenters. The molecule has 6 aromatic rings. The van der Waals surface area contributed by atoms with Gasteiger partial charge in [0.1, 0.15) is 27.8 Å². The van der Waals surface area contributed by atoms with Gasteiger partial charge in [-0.3, -0.25) is 9.59 Å². The molecule has 2 N–H and O–H groups in total. The molecule has 0 spiro atoms. The fraction of sp³-hybridized carbons (Fsp3) is 0.213. The number of amides is 2. The van der Waals surface area contributed by atoms with E-state index in [0.29, 0.717) is 47.1 Å². The Morgan fingerprint density at radius 2 is 1.30 bits per heavy atom. The maximum absolute atomic E-state index is 13.5. The van der Waals surface area contributed by atoms with E-state index in [9.17, 15) is 18.0 Å². The Hall–Kier alpha value is -6.31. The smallest absolute Gasteiger partial charge is 0.254 e. The SMILES string of the molecule is O=C(c1cc2ccc1CCc1ccc(cc1)NS2=O)N1CCN(c2ccccn2)CC1.O=C(c1cccc(S(=O)Nc2ccccc2)c1)N1CCN(c2ccccc2)CC1. The number of pyridine rings is 1. The number of benzene rings is 5. The molecule has 0 aliphatic carbocycles. The van der Waals surface area contributed by atoms with Crippen molar-refractivity contribution in [2.24, 2.45) is 0 Å². The first kappa shape index (κ1) is 40.5. The number of hydrogen-bond acceptors (Lipinski definition) is 7. The Morgan fingerprint density at radius 1 is 0.633 bits per heavy atom. The van der Waals surface area contributed by atoms with Gasteiger partial charge >= 0.3 is 0 Å². The molecule has 12 rings (SSSR count). The summed E-state index contributed by atoms with van der Waals surface area (Å²) in [4.78, 5) is 40.3. The third kappa shape index (κ3) is 9.92. The van der Waals surface area contributed by atoms with E-state index in [2.05, 4.69) is 36.4 Å². The van der Waals surface area contributed by atoms with Crippen LogP contribution in [0.5, 0.6) is 0 Å². The molecule has 6 aliphatic heterocycles. The van der Waals surface area contributed by atoms with Crippen molar-refractivity contribution in [2.75, 3.05) is 71.6 Å². The van der Waals surface area contributed by atoms with Crippen LogP contribution in [0.1, 0.15) is 31.8 Å². The molecule has 2 amide bonds. The molecule has 2 unspecified atom stereocenters. The fourth-order valence-corrected chi connectivity index (χ4v) is 9.32. The number of aromatic nitrogens is 1. The number of para-hydroxylation sites is 2. The summed E-state index contributed by atoms with van der Waals surface area (Å²) in [6.07, 6.45) is 3.42. The highest BCUT2D eigenvalue weighted by Gasteiger charge is 2.26. The quantitative estimate of drug-likeness (QED) is 0.177. The average molecular weight is 838 g/mol. The molecule has 7 heterocycles. The second kappa shape index (κ2) is 19.2. The van der Waals surface area contributed by atoms with Crippen LogP contribution in [-0.4, -0.2) is 87.4 Å². The van der Waals surface area contributed by atoms with E-state index in [4.69, 9.17) is 0 Å². The zero-order valence-corrected chi connectivity index (χ0v) is 34.8. The number of carbonyl (C=O) groups excluding carboxylic acids is 2. The summed E-state index contributed by atoms with van der Waals surface area (Å²) in [7, 11) is -2.85. The van der Waals surface area contributed by atoms with E-state index in [1.807, 2.05) is 113 Å². The van der Waals surface area contributed by atoms with Crippen LogP contribution in [0, 0.1) is 0 Å². The Kier molecular flexibility index (Phi) is 12.9. The van der Waals surface area contributed by atoms with Gasteiger partial charge in [-0.15, -0.1) is 0 Å². The van der Waals surface area contributed by atoms with Crippen LogP contribution in [0.4, 0.5) is 22.9 Å². The summed E-state index contributed by atoms with van der Waals surface area (Å²) in [5, 5.41) is 0. The third-order valence-corrected chi connectivity index (χ3v) is 13.1. The van der Waals surface area contributed by atoms with Gasteiger partial charge in [0.15, 0.2) is 0 Å². The number of aryl methyl sites for hydroxylation is 2. The summed E-state index contributed by atoms with van der Waals surface area (Å²) in [6, 6.07) is 46.2. The van der Waals surface area contributed by atoms with Gasteiger partial charge in [0.05, 0.1) is 9.79 Å². The van der Waals surface area contributed by atoms with Gasteiger partial charge in [-0.2, -0.15) is 0 Å². The van der Waals surface area contributed by atoms with Crippen molar-refractivity contribution in [2.45, 2.75) is 22.6 Å². The molecular formula is C47H47N7O4S2. The van der Waals surface area contributed by atoms with Gasteiger partial charge in [0.25, 0.3) is 11.8 Å². The van der Waals surface area contributed by atoms with Crippen molar-refractivity contribution < 1.29 is 18.0 Å².